The molecule has 0 spiro atoms. The zero-order valence-corrected chi connectivity index (χ0v) is 16.9. The van der Waals surface area contributed by atoms with Gasteiger partial charge < -0.3 is 4.74 Å². The highest BCUT2D eigenvalue weighted by atomic mass is 35.5. The molecule has 4 rings (SSSR count). The van der Waals surface area contributed by atoms with Crippen LogP contribution in [0.1, 0.15) is 11.1 Å². The van der Waals surface area contributed by atoms with E-state index in [0.717, 1.165) is 27.4 Å². The molecule has 0 aromatic heterocycles. The standard InChI is InChI=1S/C22H15ClFNO3S/c1-28-19-10-9-13-5-2-3-6-14(13)15(19)11-20-21(26)25(22(27)29-20)12-16-17(23)7-4-8-18(16)24/h2-11H,12H2,1H3/b20-11-. The second-order valence-electron chi connectivity index (χ2n) is 6.37. The molecular weight excluding hydrogens is 413 g/mol. The third-order valence-corrected chi connectivity index (χ3v) is 5.94. The van der Waals surface area contributed by atoms with Gasteiger partial charge in [-0.25, -0.2) is 4.39 Å². The number of imide groups is 1. The average Bonchev–Trinajstić information content (AvgIpc) is 2.98. The summed E-state index contributed by atoms with van der Waals surface area (Å²) in [5, 5.41) is 1.58. The molecular formula is C22H15ClFNO3S. The lowest BCUT2D eigenvalue weighted by Gasteiger charge is -2.14. The number of rotatable bonds is 4. The van der Waals surface area contributed by atoms with E-state index in [1.54, 1.807) is 13.2 Å². The van der Waals surface area contributed by atoms with Gasteiger partial charge in [-0.1, -0.05) is 48.0 Å². The highest BCUT2D eigenvalue weighted by molar-refractivity contribution is 8.18. The lowest BCUT2D eigenvalue weighted by atomic mass is 10.0. The van der Waals surface area contributed by atoms with E-state index >= 15 is 0 Å². The lowest BCUT2D eigenvalue weighted by Crippen LogP contribution is -2.28. The molecule has 1 saturated heterocycles. The minimum Gasteiger partial charge on any atom is -0.496 e. The average molecular weight is 428 g/mol. The molecule has 0 atom stereocenters. The molecule has 7 heteroatoms. The number of hydrogen-bond acceptors (Lipinski definition) is 4. The highest BCUT2D eigenvalue weighted by Crippen LogP contribution is 2.38. The number of fused-ring (bicyclic) bond motifs is 1. The third-order valence-electron chi connectivity index (χ3n) is 4.68. The zero-order valence-electron chi connectivity index (χ0n) is 15.3. The molecule has 0 aliphatic carbocycles. The predicted octanol–water partition coefficient (Wildman–Crippen LogP) is 5.88. The number of hydrogen-bond donors (Lipinski definition) is 0. The van der Waals surface area contributed by atoms with Gasteiger partial charge in [-0.05, 0) is 46.8 Å². The van der Waals surface area contributed by atoms with E-state index in [0.29, 0.717) is 11.3 Å². The van der Waals surface area contributed by atoms with Crippen molar-refractivity contribution in [2.24, 2.45) is 0 Å². The number of nitrogens with zero attached hydrogens (tertiary/aromatic N) is 1. The van der Waals surface area contributed by atoms with Crippen molar-refractivity contribution in [3.05, 3.63) is 81.5 Å². The van der Waals surface area contributed by atoms with Crippen LogP contribution in [0.3, 0.4) is 0 Å². The van der Waals surface area contributed by atoms with Crippen LogP contribution < -0.4 is 4.74 Å². The monoisotopic (exact) mass is 427 g/mol. The van der Waals surface area contributed by atoms with Crippen LogP contribution in [0, 0.1) is 5.82 Å². The van der Waals surface area contributed by atoms with Crippen molar-refractivity contribution in [3.8, 4) is 5.75 Å². The first kappa shape index (κ1) is 19.5. The van der Waals surface area contributed by atoms with Crippen molar-refractivity contribution in [2.45, 2.75) is 6.54 Å². The van der Waals surface area contributed by atoms with Crippen LogP contribution in [0.4, 0.5) is 9.18 Å². The summed E-state index contributed by atoms with van der Waals surface area (Å²) in [6, 6.07) is 15.7. The minimum absolute atomic E-state index is 0.112. The number of amides is 2. The van der Waals surface area contributed by atoms with Gasteiger partial charge in [-0.15, -0.1) is 0 Å². The Morgan fingerprint density at radius 3 is 2.66 bits per heavy atom. The van der Waals surface area contributed by atoms with E-state index in [2.05, 4.69) is 0 Å². The summed E-state index contributed by atoms with van der Waals surface area (Å²) in [5.74, 6) is -0.460. The molecule has 4 nitrogen and oxygen atoms in total. The molecule has 0 N–H and O–H groups in total. The number of methoxy groups -OCH3 is 1. The predicted molar refractivity (Wildman–Crippen MR) is 113 cm³/mol. The topological polar surface area (TPSA) is 46.6 Å². The Morgan fingerprint density at radius 2 is 1.90 bits per heavy atom. The summed E-state index contributed by atoms with van der Waals surface area (Å²) in [6.07, 6.45) is 1.65. The van der Waals surface area contributed by atoms with Gasteiger partial charge in [0.2, 0.25) is 0 Å². The van der Waals surface area contributed by atoms with Crippen LogP contribution >= 0.6 is 23.4 Å². The van der Waals surface area contributed by atoms with Gasteiger partial charge in [0, 0.05) is 16.1 Å². The Balaban J connectivity index is 1.73. The van der Waals surface area contributed by atoms with Crippen LogP contribution in [-0.4, -0.2) is 23.2 Å². The highest BCUT2D eigenvalue weighted by Gasteiger charge is 2.36. The second kappa shape index (κ2) is 7.89. The van der Waals surface area contributed by atoms with Crippen LogP contribution in [0.15, 0.2) is 59.5 Å². The van der Waals surface area contributed by atoms with E-state index in [4.69, 9.17) is 16.3 Å². The van der Waals surface area contributed by atoms with E-state index in [1.807, 2.05) is 36.4 Å². The van der Waals surface area contributed by atoms with Crippen molar-refractivity contribution < 1.29 is 18.7 Å². The number of benzene rings is 3. The van der Waals surface area contributed by atoms with Gasteiger partial charge in [0.1, 0.15) is 11.6 Å². The molecule has 0 bridgehead atoms. The lowest BCUT2D eigenvalue weighted by molar-refractivity contribution is -0.123. The molecule has 1 heterocycles. The van der Waals surface area contributed by atoms with E-state index < -0.39 is 17.0 Å². The molecule has 3 aromatic carbocycles. The quantitative estimate of drug-likeness (QED) is 0.488. The van der Waals surface area contributed by atoms with Crippen molar-refractivity contribution in [3.63, 3.8) is 0 Å². The Morgan fingerprint density at radius 1 is 1.10 bits per heavy atom. The molecule has 0 radical (unpaired) electrons. The number of ether oxygens (including phenoxy) is 1. The molecule has 0 unspecified atom stereocenters. The van der Waals surface area contributed by atoms with Crippen LogP contribution in [-0.2, 0) is 11.3 Å². The summed E-state index contributed by atoms with van der Waals surface area (Å²) in [4.78, 5) is 26.6. The second-order valence-corrected chi connectivity index (χ2v) is 7.77. The number of carbonyl (C=O) groups is 2. The van der Waals surface area contributed by atoms with Gasteiger partial charge in [-0.2, -0.15) is 0 Å². The molecule has 3 aromatic rings. The van der Waals surface area contributed by atoms with Gasteiger partial charge in [0.15, 0.2) is 0 Å². The fourth-order valence-corrected chi connectivity index (χ4v) is 4.25. The summed E-state index contributed by atoms with van der Waals surface area (Å²) in [6.45, 7) is -0.222. The molecule has 1 fully saturated rings. The summed E-state index contributed by atoms with van der Waals surface area (Å²) < 4.78 is 19.6. The zero-order chi connectivity index (χ0) is 20.5. The fraction of sp³-hybridized carbons (Fsp3) is 0.0909. The number of carbonyl (C=O) groups excluding carboxylic acids is 2. The maximum atomic E-state index is 14.1. The van der Waals surface area contributed by atoms with Crippen LogP contribution in [0.25, 0.3) is 16.8 Å². The van der Waals surface area contributed by atoms with E-state index in [-0.39, 0.29) is 22.0 Å². The van der Waals surface area contributed by atoms with E-state index in [1.165, 1.54) is 18.2 Å². The smallest absolute Gasteiger partial charge is 0.293 e. The first-order valence-corrected chi connectivity index (χ1v) is 9.93. The maximum Gasteiger partial charge on any atom is 0.293 e. The first-order valence-electron chi connectivity index (χ1n) is 8.73. The van der Waals surface area contributed by atoms with Crippen molar-refractivity contribution in [1.82, 2.24) is 4.90 Å². The van der Waals surface area contributed by atoms with Crippen molar-refractivity contribution in [1.29, 1.82) is 0 Å². The molecule has 1 aliphatic rings. The van der Waals surface area contributed by atoms with Gasteiger partial charge in [0.05, 0.1) is 18.6 Å². The van der Waals surface area contributed by atoms with E-state index in [9.17, 15) is 14.0 Å². The molecule has 1 aliphatic heterocycles. The number of thioether (sulfide) groups is 1. The Kier molecular flexibility index (Phi) is 5.30. The summed E-state index contributed by atoms with van der Waals surface area (Å²) in [5.41, 5.74) is 0.820. The molecule has 29 heavy (non-hydrogen) atoms. The Bertz CT molecular complexity index is 1160. The normalized spacial score (nSPS) is 15.6. The van der Waals surface area contributed by atoms with Gasteiger partial charge >= 0.3 is 0 Å². The molecule has 2 amide bonds. The van der Waals surface area contributed by atoms with Gasteiger partial charge in [0.25, 0.3) is 11.1 Å². The molecule has 0 saturated carbocycles. The first-order chi connectivity index (χ1) is 14.0. The Labute approximate surface area is 175 Å². The SMILES string of the molecule is COc1ccc2ccccc2c1/C=C1\SC(=O)N(Cc2c(F)cccc2Cl)C1=O. The van der Waals surface area contributed by atoms with Crippen molar-refractivity contribution >= 4 is 51.4 Å². The maximum absolute atomic E-state index is 14.1. The summed E-state index contributed by atoms with van der Waals surface area (Å²) >= 11 is 6.86. The van der Waals surface area contributed by atoms with Crippen molar-refractivity contribution in [2.75, 3.05) is 7.11 Å². The van der Waals surface area contributed by atoms with Crippen LogP contribution in [0.2, 0.25) is 5.02 Å². The minimum atomic E-state index is -0.559. The molecule has 146 valence electrons. The third kappa shape index (κ3) is 3.61. The largest absolute Gasteiger partial charge is 0.496 e. The fourth-order valence-electron chi connectivity index (χ4n) is 3.21. The summed E-state index contributed by atoms with van der Waals surface area (Å²) in [7, 11) is 1.55. The Hall–Kier alpha value is -2.83. The number of halogens is 2. The van der Waals surface area contributed by atoms with Crippen LogP contribution in [0.5, 0.6) is 5.75 Å². The van der Waals surface area contributed by atoms with Gasteiger partial charge in [-0.3, -0.25) is 14.5 Å².